The summed E-state index contributed by atoms with van der Waals surface area (Å²) in [7, 11) is 0. The van der Waals surface area contributed by atoms with Crippen LogP contribution < -0.4 is 8.70 Å². The van der Waals surface area contributed by atoms with Gasteiger partial charge in [-0.3, -0.25) is 0 Å². The van der Waals surface area contributed by atoms with E-state index in [1.54, 1.807) is 19.8 Å². The van der Waals surface area contributed by atoms with Crippen LogP contribution in [-0.2, 0) is 0 Å². The molecule has 1 fully saturated rings. The van der Waals surface area contributed by atoms with E-state index in [4.69, 9.17) is 0 Å². The summed E-state index contributed by atoms with van der Waals surface area (Å²) in [6.45, 7) is 0. The number of hydrogen-bond acceptors (Lipinski definition) is 0. The van der Waals surface area contributed by atoms with Crippen molar-refractivity contribution in [2.24, 2.45) is 0 Å². The van der Waals surface area contributed by atoms with Crippen molar-refractivity contribution in [2.45, 2.75) is 36.8 Å². The van der Waals surface area contributed by atoms with Gasteiger partial charge in [-0.1, -0.05) is 0 Å². The Kier molecular flexibility index (Phi) is 3.00. The third kappa shape index (κ3) is 1.89. The normalized spacial score (nSPS) is 19.2. The van der Waals surface area contributed by atoms with Gasteiger partial charge in [-0.05, 0) is 0 Å². The molecule has 0 aromatic heterocycles. The topological polar surface area (TPSA) is 0 Å². The molecule has 2 aromatic rings. The number of fused-ring (bicyclic) bond motifs is 3. The van der Waals surface area contributed by atoms with Crippen LogP contribution in [0.3, 0.4) is 0 Å². The van der Waals surface area contributed by atoms with Crippen molar-refractivity contribution in [3.05, 3.63) is 48.5 Å². The second-order valence-electron chi connectivity index (χ2n) is 5.70. The molecule has 19 heavy (non-hydrogen) atoms. The second kappa shape index (κ2) is 4.83. The molecule has 0 N–H and O–H groups in total. The fourth-order valence-corrected chi connectivity index (χ4v) is 10.7. The maximum absolute atomic E-state index is 2.42. The zero-order chi connectivity index (χ0) is 12.7. The predicted octanol–water partition coefficient (Wildman–Crippen LogP) is 3.61. The standard InChI is InChI=1S/C18H19As/c1-2-8-14(9-3-1)19-17-12-6-4-10-15(17)16-11-5-7-13-18(16)19/h4-7,10-14H,1-3,8-9H2. The van der Waals surface area contributed by atoms with Crippen LogP contribution in [0.5, 0.6) is 0 Å². The van der Waals surface area contributed by atoms with Crippen molar-refractivity contribution in [3.8, 4) is 11.1 Å². The van der Waals surface area contributed by atoms with Crippen LogP contribution in [0, 0.1) is 0 Å². The van der Waals surface area contributed by atoms with Crippen LogP contribution in [0.1, 0.15) is 32.1 Å². The molecule has 96 valence electrons. The van der Waals surface area contributed by atoms with E-state index in [0.29, 0.717) is 0 Å². The summed E-state index contributed by atoms with van der Waals surface area (Å²) < 4.78 is 4.46. The molecule has 0 radical (unpaired) electrons. The molecular formula is C18H19As. The SMILES string of the molecule is c1ccc2c(c1)-c1ccccc1[As]2C1CCCCC1. The predicted molar refractivity (Wildman–Crippen MR) is 83.7 cm³/mol. The number of hydrogen-bond donors (Lipinski definition) is 0. The van der Waals surface area contributed by atoms with Gasteiger partial charge < -0.3 is 0 Å². The summed E-state index contributed by atoms with van der Waals surface area (Å²) in [5.41, 5.74) is 3.09. The van der Waals surface area contributed by atoms with Gasteiger partial charge in [0.05, 0.1) is 0 Å². The summed E-state index contributed by atoms with van der Waals surface area (Å²) >= 11 is -1.04. The van der Waals surface area contributed by atoms with Crippen LogP contribution in [-0.4, -0.2) is 14.7 Å². The third-order valence-electron chi connectivity index (χ3n) is 4.56. The summed E-state index contributed by atoms with van der Waals surface area (Å²) in [6.07, 6.45) is 7.33. The Morgan fingerprint density at radius 2 is 1.21 bits per heavy atom. The molecule has 0 saturated heterocycles. The van der Waals surface area contributed by atoms with E-state index >= 15 is 0 Å². The van der Waals surface area contributed by atoms with Gasteiger partial charge in [0, 0.05) is 0 Å². The fourth-order valence-electron chi connectivity index (χ4n) is 3.69. The van der Waals surface area contributed by atoms with Crippen molar-refractivity contribution in [1.29, 1.82) is 0 Å². The van der Waals surface area contributed by atoms with E-state index in [1.807, 2.05) is 0 Å². The fraction of sp³-hybridized carbons (Fsp3) is 0.333. The molecule has 4 rings (SSSR count). The minimum absolute atomic E-state index is 1.01. The Balaban J connectivity index is 1.86. The molecule has 1 heteroatoms. The first-order valence-electron chi connectivity index (χ1n) is 7.43. The molecule has 1 aliphatic heterocycles. The van der Waals surface area contributed by atoms with Gasteiger partial charge in [-0.15, -0.1) is 0 Å². The molecule has 2 aliphatic rings. The molecule has 0 spiro atoms. The molecular weight excluding hydrogens is 291 g/mol. The van der Waals surface area contributed by atoms with Crippen LogP contribution in [0.15, 0.2) is 48.5 Å². The zero-order valence-corrected chi connectivity index (χ0v) is 13.1. The van der Waals surface area contributed by atoms with E-state index < -0.39 is 14.7 Å². The van der Waals surface area contributed by atoms with Crippen LogP contribution in [0.4, 0.5) is 0 Å². The molecule has 0 amide bonds. The van der Waals surface area contributed by atoms with Gasteiger partial charge in [0.1, 0.15) is 0 Å². The summed E-state index contributed by atoms with van der Waals surface area (Å²) in [5, 5.41) is 0. The van der Waals surface area contributed by atoms with Gasteiger partial charge in [0.25, 0.3) is 0 Å². The third-order valence-corrected chi connectivity index (χ3v) is 11.0. The van der Waals surface area contributed by atoms with E-state index in [2.05, 4.69) is 48.5 Å². The Morgan fingerprint density at radius 1 is 0.684 bits per heavy atom. The van der Waals surface area contributed by atoms with Crippen molar-refractivity contribution in [3.63, 3.8) is 0 Å². The van der Waals surface area contributed by atoms with Gasteiger partial charge in [-0.25, -0.2) is 0 Å². The average molecular weight is 310 g/mol. The Bertz CT molecular complexity index is 551. The minimum atomic E-state index is -1.04. The molecule has 0 nitrogen and oxygen atoms in total. The zero-order valence-electron chi connectivity index (χ0n) is 11.2. The first-order chi connectivity index (χ1) is 9.45. The monoisotopic (exact) mass is 310 g/mol. The van der Waals surface area contributed by atoms with Crippen LogP contribution in [0.25, 0.3) is 11.1 Å². The van der Waals surface area contributed by atoms with E-state index in [9.17, 15) is 0 Å². The van der Waals surface area contributed by atoms with Crippen molar-refractivity contribution in [2.75, 3.05) is 0 Å². The van der Waals surface area contributed by atoms with E-state index in [0.717, 1.165) is 4.71 Å². The molecule has 0 atom stereocenters. The van der Waals surface area contributed by atoms with Crippen molar-refractivity contribution in [1.82, 2.24) is 0 Å². The molecule has 1 aliphatic carbocycles. The quantitative estimate of drug-likeness (QED) is 0.706. The van der Waals surface area contributed by atoms with Crippen LogP contribution >= 0.6 is 0 Å². The summed E-state index contributed by atoms with van der Waals surface area (Å²) in [4.78, 5) is 0. The Hall–Kier alpha value is -1.00. The van der Waals surface area contributed by atoms with Crippen molar-refractivity contribution >= 4 is 23.4 Å². The Labute approximate surface area is 120 Å². The molecule has 0 bridgehead atoms. The van der Waals surface area contributed by atoms with Crippen molar-refractivity contribution < 1.29 is 0 Å². The van der Waals surface area contributed by atoms with Gasteiger partial charge in [-0.2, -0.15) is 0 Å². The number of rotatable bonds is 1. The number of benzene rings is 2. The molecule has 1 heterocycles. The first-order valence-corrected chi connectivity index (χ1v) is 10.4. The Morgan fingerprint density at radius 3 is 1.79 bits per heavy atom. The first kappa shape index (κ1) is 11.8. The summed E-state index contributed by atoms with van der Waals surface area (Å²) in [6, 6.07) is 18.4. The van der Waals surface area contributed by atoms with Gasteiger partial charge >= 0.3 is 120 Å². The van der Waals surface area contributed by atoms with Gasteiger partial charge in [0.2, 0.25) is 0 Å². The van der Waals surface area contributed by atoms with Crippen LogP contribution in [0.2, 0.25) is 4.71 Å². The summed E-state index contributed by atoms with van der Waals surface area (Å²) in [5.74, 6) is 0. The van der Waals surface area contributed by atoms with E-state index in [1.165, 1.54) is 32.1 Å². The molecule has 0 unspecified atom stereocenters. The van der Waals surface area contributed by atoms with E-state index in [-0.39, 0.29) is 0 Å². The van der Waals surface area contributed by atoms with Gasteiger partial charge in [0.15, 0.2) is 0 Å². The molecule has 2 aromatic carbocycles. The average Bonchev–Trinajstić information content (AvgIpc) is 2.83. The second-order valence-corrected chi connectivity index (χ2v) is 10.8. The maximum atomic E-state index is 2.42. The molecule has 1 saturated carbocycles.